The first-order valence-electron chi connectivity index (χ1n) is 8.79. The lowest BCUT2D eigenvalue weighted by atomic mass is 9.86. The zero-order valence-corrected chi connectivity index (χ0v) is 15.4. The van der Waals surface area contributed by atoms with Gasteiger partial charge in [0.2, 0.25) is 0 Å². The Hall–Kier alpha value is -2.41. The number of fused-ring (bicyclic) bond motifs is 2. The number of ether oxygens (including phenoxy) is 2. The third kappa shape index (κ3) is 1.69. The van der Waals surface area contributed by atoms with Crippen LogP contribution in [-0.2, 0) is 14.9 Å². The molecule has 5 unspecified atom stereocenters. The summed E-state index contributed by atoms with van der Waals surface area (Å²) < 4.78 is 11.7. The maximum atomic E-state index is 10.1. The van der Waals surface area contributed by atoms with E-state index in [1.54, 1.807) is 0 Å². The predicted molar refractivity (Wildman–Crippen MR) is 94.8 cm³/mol. The molecular formula is C20H22N4O2. The Bertz CT molecular complexity index is 888. The Labute approximate surface area is 153 Å². The Morgan fingerprint density at radius 2 is 1.85 bits per heavy atom. The lowest BCUT2D eigenvalue weighted by molar-refractivity contribution is -0.193. The maximum absolute atomic E-state index is 10.1. The van der Waals surface area contributed by atoms with Gasteiger partial charge in [0.1, 0.15) is 11.3 Å². The second kappa shape index (κ2) is 4.85. The molecule has 0 amide bonds. The summed E-state index contributed by atoms with van der Waals surface area (Å²) in [6.45, 7) is 8.60. The van der Waals surface area contributed by atoms with E-state index in [4.69, 9.17) is 15.2 Å². The highest BCUT2D eigenvalue weighted by molar-refractivity contribution is 6.00. The molecule has 134 valence electrons. The van der Waals surface area contributed by atoms with E-state index in [0.717, 1.165) is 5.56 Å². The maximum Gasteiger partial charge on any atom is 0.293 e. The molecule has 4 rings (SSSR count). The van der Waals surface area contributed by atoms with Crippen LogP contribution in [0.25, 0.3) is 0 Å². The van der Waals surface area contributed by atoms with E-state index in [1.165, 1.54) is 5.56 Å². The molecule has 0 bridgehead atoms. The monoisotopic (exact) mass is 350 g/mol. The van der Waals surface area contributed by atoms with Gasteiger partial charge in [-0.3, -0.25) is 0 Å². The van der Waals surface area contributed by atoms with Gasteiger partial charge >= 0.3 is 0 Å². The summed E-state index contributed by atoms with van der Waals surface area (Å²) in [6, 6.07) is 12.6. The zero-order valence-electron chi connectivity index (χ0n) is 15.4. The molecular weight excluding hydrogens is 328 g/mol. The largest absolute Gasteiger partial charge is 0.386 e. The van der Waals surface area contributed by atoms with Gasteiger partial charge in [-0.05, 0) is 23.5 Å². The number of nitrogens with zero attached hydrogens (tertiary/aromatic N) is 3. The Morgan fingerprint density at radius 1 is 1.19 bits per heavy atom. The van der Waals surface area contributed by atoms with Crippen molar-refractivity contribution in [2.75, 3.05) is 6.61 Å². The first-order valence-corrected chi connectivity index (χ1v) is 8.79. The van der Waals surface area contributed by atoms with Crippen molar-refractivity contribution in [1.82, 2.24) is 0 Å². The Balaban J connectivity index is 1.83. The first kappa shape index (κ1) is 17.0. The van der Waals surface area contributed by atoms with E-state index in [0.29, 0.717) is 6.61 Å². The molecule has 1 saturated carbocycles. The van der Waals surface area contributed by atoms with E-state index in [9.17, 15) is 10.5 Å². The summed E-state index contributed by atoms with van der Waals surface area (Å²) >= 11 is 0. The highest BCUT2D eigenvalue weighted by Gasteiger charge is 2.94. The minimum absolute atomic E-state index is 0.0204. The minimum atomic E-state index is -1.49. The number of benzene rings is 1. The van der Waals surface area contributed by atoms with Crippen LogP contribution in [0.5, 0.6) is 0 Å². The number of nitrogens with two attached hydrogens (primary N) is 1. The normalized spacial score (nSPS) is 40.6. The summed E-state index contributed by atoms with van der Waals surface area (Å²) in [4.78, 5) is 4.32. The molecule has 2 aliphatic heterocycles. The van der Waals surface area contributed by atoms with Gasteiger partial charge in [0.05, 0.1) is 24.8 Å². The fraction of sp³-hybridized carbons (Fsp3) is 0.550. The standard InChI is InChI=1S/C20H22N4O2/c1-12-9-25-20(26-12)19(11-22)15(18(19,10-21)16(23)24-20)13-5-7-14(8-6-13)17(2,3)4/h5-8,12,15H,9H2,1-4H3,(H2,23,24). The van der Waals surface area contributed by atoms with Crippen LogP contribution >= 0.6 is 0 Å². The summed E-state index contributed by atoms with van der Waals surface area (Å²) in [5, 5.41) is 20.1. The quantitative estimate of drug-likeness (QED) is 0.838. The minimum Gasteiger partial charge on any atom is -0.386 e. The molecule has 6 heteroatoms. The Morgan fingerprint density at radius 3 is 2.31 bits per heavy atom. The van der Waals surface area contributed by atoms with Crippen molar-refractivity contribution in [1.29, 1.82) is 10.5 Å². The average molecular weight is 350 g/mol. The van der Waals surface area contributed by atoms with Crippen LogP contribution in [0.2, 0.25) is 0 Å². The number of hydrogen-bond acceptors (Lipinski definition) is 6. The van der Waals surface area contributed by atoms with Gasteiger partial charge in [-0.1, -0.05) is 45.0 Å². The van der Waals surface area contributed by atoms with Crippen molar-refractivity contribution >= 4 is 5.84 Å². The van der Waals surface area contributed by atoms with Crippen molar-refractivity contribution in [2.45, 2.75) is 51.0 Å². The average Bonchev–Trinajstić information content (AvgIpc) is 2.98. The number of rotatable bonds is 1. The lowest BCUT2D eigenvalue weighted by Gasteiger charge is -2.26. The number of hydrogen-bond donors (Lipinski definition) is 1. The number of nitriles is 2. The second-order valence-corrected chi connectivity index (χ2v) is 8.46. The highest BCUT2D eigenvalue weighted by Crippen LogP contribution is 2.82. The molecule has 0 radical (unpaired) electrons. The molecule has 6 nitrogen and oxygen atoms in total. The van der Waals surface area contributed by atoms with Gasteiger partial charge in [0.25, 0.3) is 5.91 Å². The summed E-state index contributed by atoms with van der Waals surface area (Å²) in [7, 11) is 0. The van der Waals surface area contributed by atoms with Crippen LogP contribution in [-0.4, -0.2) is 24.5 Å². The van der Waals surface area contributed by atoms with Gasteiger partial charge in [-0.15, -0.1) is 0 Å². The molecule has 26 heavy (non-hydrogen) atoms. The van der Waals surface area contributed by atoms with Crippen molar-refractivity contribution in [2.24, 2.45) is 21.6 Å². The molecule has 1 aromatic rings. The topological polar surface area (TPSA) is 104 Å². The van der Waals surface area contributed by atoms with Crippen molar-refractivity contribution < 1.29 is 9.47 Å². The van der Waals surface area contributed by atoms with Crippen molar-refractivity contribution in [3.63, 3.8) is 0 Å². The van der Waals surface area contributed by atoms with E-state index >= 15 is 0 Å². The molecule has 5 atom stereocenters. The van der Waals surface area contributed by atoms with Crippen LogP contribution in [0, 0.1) is 33.5 Å². The zero-order chi connectivity index (χ0) is 19.0. The van der Waals surface area contributed by atoms with Gasteiger partial charge in [-0.25, -0.2) is 4.99 Å². The molecule has 2 heterocycles. The van der Waals surface area contributed by atoms with Gasteiger partial charge in [0, 0.05) is 5.92 Å². The SMILES string of the molecule is CC1COC2(N=C(N)C3(C#N)C(c4ccc(C(C)(C)C)cc4)C23C#N)O1. The van der Waals surface area contributed by atoms with Crippen molar-refractivity contribution in [3.05, 3.63) is 35.4 Å². The Kier molecular flexibility index (Phi) is 3.18. The summed E-state index contributed by atoms with van der Waals surface area (Å²) in [5.41, 5.74) is 5.78. The van der Waals surface area contributed by atoms with Crippen LogP contribution < -0.4 is 5.73 Å². The fourth-order valence-corrected chi connectivity index (χ4v) is 4.54. The van der Waals surface area contributed by atoms with E-state index in [-0.39, 0.29) is 17.4 Å². The smallest absolute Gasteiger partial charge is 0.293 e. The highest BCUT2D eigenvalue weighted by atomic mass is 16.8. The third-order valence-electron chi connectivity index (χ3n) is 5.91. The first-order chi connectivity index (χ1) is 12.2. The molecule has 1 aliphatic carbocycles. The number of aliphatic imine (C=N–C) groups is 1. The van der Waals surface area contributed by atoms with Gasteiger partial charge in [0.15, 0.2) is 5.41 Å². The summed E-state index contributed by atoms with van der Waals surface area (Å²) in [6.07, 6.45) is -0.212. The lowest BCUT2D eigenvalue weighted by Crippen LogP contribution is -2.39. The van der Waals surface area contributed by atoms with Crippen LogP contribution in [0.3, 0.4) is 0 Å². The summed E-state index contributed by atoms with van der Waals surface area (Å²) in [5.74, 6) is -1.80. The number of amidine groups is 1. The molecule has 1 spiro atoms. The van der Waals surface area contributed by atoms with Crippen molar-refractivity contribution in [3.8, 4) is 12.1 Å². The molecule has 2 N–H and O–H groups in total. The van der Waals surface area contributed by atoms with Gasteiger partial charge < -0.3 is 15.2 Å². The second-order valence-electron chi connectivity index (χ2n) is 8.46. The molecule has 3 aliphatic rings. The molecule has 2 fully saturated rings. The fourth-order valence-electron chi connectivity index (χ4n) is 4.54. The molecule has 1 saturated heterocycles. The van der Waals surface area contributed by atoms with E-state index in [2.05, 4.69) is 37.9 Å². The third-order valence-corrected chi connectivity index (χ3v) is 5.91. The van der Waals surface area contributed by atoms with Crippen LogP contribution in [0.15, 0.2) is 29.3 Å². The predicted octanol–water partition coefficient (Wildman–Crippen LogP) is 2.56. The van der Waals surface area contributed by atoms with Crippen LogP contribution in [0.1, 0.15) is 44.7 Å². The van der Waals surface area contributed by atoms with Gasteiger partial charge in [-0.2, -0.15) is 10.5 Å². The molecule has 1 aromatic carbocycles. The van der Waals surface area contributed by atoms with E-state index < -0.39 is 22.7 Å². The van der Waals surface area contributed by atoms with Crippen LogP contribution in [0.4, 0.5) is 0 Å². The molecule has 0 aromatic heterocycles. The van der Waals surface area contributed by atoms with E-state index in [1.807, 2.05) is 31.2 Å².